The van der Waals surface area contributed by atoms with Crippen LogP contribution in [0, 0.1) is 11.8 Å². The van der Waals surface area contributed by atoms with Crippen molar-refractivity contribution in [1.82, 2.24) is 4.57 Å². The highest BCUT2D eigenvalue weighted by molar-refractivity contribution is 5.99. The van der Waals surface area contributed by atoms with Crippen molar-refractivity contribution in [2.45, 2.75) is 92.5 Å². The smallest absolute Gasteiger partial charge is 0.161 e. The fourth-order valence-electron chi connectivity index (χ4n) is 3.96. The number of rotatable bonds is 16. The zero-order chi connectivity index (χ0) is 23.2. The fraction of sp³-hybridized carbons (Fsp3) is 0.607. The summed E-state index contributed by atoms with van der Waals surface area (Å²) in [7, 11) is 0. The minimum Gasteiger partial charge on any atom is -0.353 e. The summed E-state index contributed by atoms with van der Waals surface area (Å²) in [5.41, 5.74) is 10.5. The number of Topliss-reactive ketones (excluding diaryl/α,β-unsaturated/α-hetero) is 1. The van der Waals surface area contributed by atoms with E-state index in [1.54, 1.807) is 6.92 Å². The molecule has 1 unspecified atom stereocenters. The molecule has 3 nitrogen and oxygen atoms in total. The van der Waals surface area contributed by atoms with E-state index in [1.807, 2.05) is 12.3 Å². The Morgan fingerprint density at radius 2 is 1.77 bits per heavy atom. The highest BCUT2D eigenvalue weighted by Gasteiger charge is 2.17. The molecular weight excluding hydrogens is 380 g/mol. The van der Waals surface area contributed by atoms with E-state index in [2.05, 4.69) is 57.2 Å². The Labute approximate surface area is 191 Å². The summed E-state index contributed by atoms with van der Waals surface area (Å²) < 4.78 is 2.15. The molecule has 0 spiro atoms. The number of allylic oxidation sites excluding steroid dienone is 4. The number of ketones is 1. The minimum atomic E-state index is 0.115. The first-order valence-electron chi connectivity index (χ1n) is 12.2. The maximum absolute atomic E-state index is 12.4. The lowest BCUT2D eigenvalue weighted by atomic mass is 9.87. The van der Waals surface area contributed by atoms with Crippen molar-refractivity contribution >= 4 is 11.4 Å². The zero-order valence-corrected chi connectivity index (χ0v) is 20.8. The fourth-order valence-corrected chi connectivity index (χ4v) is 3.96. The van der Waals surface area contributed by atoms with E-state index in [0.717, 1.165) is 36.9 Å². The number of nitrogens with two attached hydrogens (primary N) is 1. The van der Waals surface area contributed by atoms with Crippen molar-refractivity contribution in [2.75, 3.05) is 6.54 Å². The van der Waals surface area contributed by atoms with E-state index in [4.69, 9.17) is 5.73 Å². The summed E-state index contributed by atoms with van der Waals surface area (Å²) in [5.74, 6) is 0.953. The molecule has 0 radical (unpaired) electrons. The first kappa shape index (κ1) is 27.2. The molecule has 0 bridgehead atoms. The maximum atomic E-state index is 12.4. The van der Waals surface area contributed by atoms with Crippen molar-refractivity contribution < 1.29 is 4.79 Å². The summed E-state index contributed by atoms with van der Waals surface area (Å²) in [6.07, 6.45) is 20.0. The molecule has 0 aliphatic rings. The van der Waals surface area contributed by atoms with E-state index in [-0.39, 0.29) is 5.78 Å². The van der Waals surface area contributed by atoms with Gasteiger partial charge in [-0.3, -0.25) is 4.79 Å². The van der Waals surface area contributed by atoms with Gasteiger partial charge >= 0.3 is 0 Å². The van der Waals surface area contributed by atoms with Crippen LogP contribution in [-0.2, 0) is 6.54 Å². The van der Waals surface area contributed by atoms with Crippen molar-refractivity contribution in [2.24, 2.45) is 17.6 Å². The molecule has 174 valence electrons. The van der Waals surface area contributed by atoms with Gasteiger partial charge in [0, 0.05) is 30.1 Å². The van der Waals surface area contributed by atoms with E-state index >= 15 is 0 Å². The lowest BCUT2D eigenvalue weighted by Gasteiger charge is -2.18. The van der Waals surface area contributed by atoms with Crippen LogP contribution in [0.1, 0.15) is 102 Å². The van der Waals surface area contributed by atoms with Gasteiger partial charge in [0.25, 0.3) is 0 Å². The Morgan fingerprint density at radius 1 is 1.06 bits per heavy atom. The molecule has 0 aromatic carbocycles. The molecule has 31 heavy (non-hydrogen) atoms. The number of hydrogen-bond donors (Lipinski definition) is 1. The molecule has 1 heterocycles. The highest BCUT2D eigenvalue weighted by atomic mass is 16.1. The van der Waals surface area contributed by atoms with Gasteiger partial charge < -0.3 is 10.3 Å². The summed E-state index contributed by atoms with van der Waals surface area (Å²) in [6.45, 7) is 16.0. The van der Waals surface area contributed by atoms with Crippen LogP contribution in [-0.4, -0.2) is 16.9 Å². The third-order valence-electron chi connectivity index (χ3n) is 5.91. The lowest BCUT2D eigenvalue weighted by Crippen LogP contribution is -2.08. The van der Waals surface area contributed by atoms with Gasteiger partial charge in [-0.1, -0.05) is 63.8 Å². The molecule has 0 saturated carbocycles. The molecule has 0 amide bonds. The number of hydrogen-bond acceptors (Lipinski definition) is 2. The van der Waals surface area contributed by atoms with E-state index in [9.17, 15) is 4.79 Å². The van der Waals surface area contributed by atoms with Gasteiger partial charge in [-0.2, -0.15) is 0 Å². The van der Waals surface area contributed by atoms with Crippen LogP contribution in [0.25, 0.3) is 5.57 Å². The third-order valence-corrected chi connectivity index (χ3v) is 5.91. The van der Waals surface area contributed by atoms with Crippen molar-refractivity contribution in [1.29, 1.82) is 0 Å². The quantitative estimate of drug-likeness (QED) is 0.168. The average molecular weight is 427 g/mol. The predicted molar refractivity (Wildman–Crippen MR) is 136 cm³/mol. The van der Waals surface area contributed by atoms with Gasteiger partial charge in [-0.05, 0) is 69.9 Å². The summed E-state index contributed by atoms with van der Waals surface area (Å²) in [5, 5.41) is 0. The summed E-state index contributed by atoms with van der Waals surface area (Å²) in [6, 6.07) is 0. The lowest BCUT2D eigenvalue weighted by molar-refractivity contribution is 0.101. The molecule has 3 heteroatoms. The third kappa shape index (κ3) is 9.86. The number of aromatic nitrogens is 1. The van der Waals surface area contributed by atoms with Gasteiger partial charge in [0.15, 0.2) is 5.78 Å². The predicted octanol–water partition coefficient (Wildman–Crippen LogP) is 7.58. The van der Waals surface area contributed by atoms with Crippen LogP contribution in [0.3, 0.4) is 0 Å². The second-order valence-electron chi connectivity index (χ2n) is 9.19. The number of carbonyl (C=O) groups is 1. The topological polar surface area (TPSA) is 48.0 Å². The van der Waals surface area contributed by atoms with E-state index in [1.165, 1.54) is 43.3 Å². The number of aryl methyl sites for hydroxylation is 1. The summed E-state index contributed by atoms with van der Waals surface area (Å²) >= 11 is 0. The Kier molecular flexibility index (Phi) is 13.2. The molecule has 0 fully saturated rings. The number of nitrogens with zero attached hydrogens (tertiary/aromatic N) is 1. The first-order chi connectivity index (χ1) is 14.8. The normalized spacial score (nSPS) is 13.6. The summed E-state index contributed by atoms with van der Waals surface area (Å²) in [4.78, 5) is 12.4. The Balaban J connectivity index is 3.20. The molecule has 1 rings (SSSR count). The largest absolute Gasteiger partial charge is 0.353 e. The monoisotopic (exact) mass is 426 g/mol. The van der Waals surface area contributed by atoms with E-state index in [0.29, 0.717) is 18.4 Å². The number of carbonyl (C=O) groups excluding carboxylic acids is 1. The molecule has 1 atom stereocenters. The van der Waals surface area contributed by atoms with Gasteiger partial charge in [0.2, 0.25) is 0 Å². The molecule has 0 saturated heterocycles. The van der Waals surface area contributed by atoms with Crippen LogP contribution < -0.4 is 5.73 Å². The van der Waals surface area contributed by atoms with Crippen LogP contribution >= 0.6 is 0 Å². The molecule has 1 aromatic heterocycles. The molecule has 2 N–H and O–H groups in total. The molecule has 0 aliphatic carbocycles. The zero-order valence-electron chi connectivity index (χ0n) is 20.8. The second-order valence-corrected chi connectivity index (χ2v) is 9.19. The highest BCUT2D eigenvalue weighted by Crippen LogP contribution is 2.29. The molecule has 1 aromatic rings. The molecular formula is C28H46N2O. The number of unbranched alkanes of at least 4 members (excludes halogenated alkanes) is 4. The van der Waals surface area contributed by atoms with Gasteiger partial charge in [-0.15, -0.1) is 6.58 Å². The average Bonchev–Trinajstić information content (AvgIpc) is 3.15. The Hall–Kier alpha value is -1.87. The van der Waals surface area contributed by atoms with Gasteiger partial charge in [0.1, 0.15) is 0 Å². The second kappa shape index (κ2) is 15.0. The van der Waals surface area contributed by atoms with Gasteiger partial charge in [0.05, 0.1) is 0 Å². The van der Waals surface area contributed by atoms with E-state index < -0.39 is 0 Å². The van der Waals surface area contributed by atoms with Crippen LogP contribution in [0.15, 0.2) is 42.8 Å². The van der Waals surface area contributed by atoms with Crippen LogP contribution in [0.4, 0.5) is 0 Å². The minimum absolute atomic E-state index is 0.115. The Bertz CT molecular complexity index is 736. The standard InChI is InChI=1S/C28H46N2O/c1-7-9-11-12-14-23(5)18-26(22(3)4)19-25(15-16-29)28-21-30(17-13-10-8-2)20-27(28)24(6)31/h8,18-22,26H,2,7,9-17,29H2,1,3-6H3/b23-18+,25-19-. The Morgan fingerprint density at radius 3 is 2.35 bits per heavy atom. The first-order valence-corrected chi connectivity index (χ1v) is 12.2. The van der Waals surface area contributed by atoms with Gasteiger partial charge in [-0.25, -0.2) is 0 Å². The van der Waals surface area contributed by atoms with Crippen molar-refractivity contribution in [3.63, 3.8) is 0 Å². The molecule has 0 aliphatic heterocycles. The van der Waals surface area contributed by atoms with Crippen molar-refractivity contribution in [3.05, 3.63) is 53.9 Å². The SMILES string of the molecule is C=CCCCn1cc(C(C)=O)c(/C(=C\C(/C=C(\C)CCCCCC)C(C)C)CCN)c1. The van der Waals surface area contributed by atoms with Crippen molar-refractivity contribution in [3.8, 4) is 0 Å². The van der Waals surface area contributed by atoms with Crippen LogP contribution in [0.5, 0.6) is 0 Å². The van der Waals surface area contributed by atoms with Crippen LogP contribution in [0.2, 0.25) is 0 Å². The maximum Gasteiger partial charge on any atom is 0.161 e.